The third-order valence-electron chi connectivity index (χ3n) is 3.31. The maximum Gasteiger partial charge on any atom is 0.128 e. The van der Waals surface area contributed by atoms with E-state index in [0.717, 1.165) is 24.5 Å². The quantitative estimate of drug-likeness (QED) is 0.830. The van der Waals surface area contributed by atoms with Crippen molar-refractivity contribution in [2.75, 3.05) is 18.0 Å². The lowest BCUT2D eigenvalue weighted by Crippen LogP contribution is -2.30. The maximum atomic E-state index is 5.89. The molecule has 1 aromatic heterocycles. The lowest BCUT2D eigenvalue weighted by Gasteiger charge is -2.28. The highest BCUT2D eigenvalue weighted by Gasteiger charge is 2.13. The Morgan fingerprint density at radius 2 is 2.00 bits per heavy atom. The Labute approximate surface area is 97.7 Å². The summed E-state index contributed by atoms with van der Waals surface area (Å²) in [6.45, 7) is 6.41. The first kappa shape index (κ1) is 11.4. The highest BCUT2D eigenvalue weighted by atomic mass is 15.2. The molecule has 2 rings (SSSR count). The predicted octanol–water partition coefficient (Wildman–Crippen LogP) is 2.40. The monoisotopic (exact) mass is 219 g/mol. The van der Waals surface area contributed by atoms with E-state index in [1.807, 2.05) is 13.1 Å². The molecule has 0 bridgehead atoms. The van der Waals surface area contributed by atoms with Crippen molar-refractivity contribution < 1.29 is 0 Å². The van der Waals surface area contributed by atoms with Crippen LogP contribution in [-0.2, 0) is 0 Å². The van der Waals surface area contributed by atoms with Gasteiger partial charge in [0, 0.05) is 25.3 Å². The summed E-state index contributed by atoms with van der Waals surface area (Å²) in [7, 11) is 0. The summed E-state index contributed by atoms with van der Waals surface area (Å²) in [5.74, 6) is 1.11. The van der Waals surface area contributed by atoms with Crippen molar-refractivity contribution in [2.45, 2.75) is 39.2 Å². The molecule has 0 saturated carbocycles. The Morgan fingerprint density at radius 1 is 1.31 bits per heavy atom. The third kappa shape index (κ3) is 2.35. The molecule has 0 aromatic carbocycles. The first-order valence-corrected chi connectivity index (χ1v) is 6.15. The molecular formula is C13H21N3. The van der Waals surface area contributed by atoms with Gasteiger partial charge in [-0.25, -0.2) is 4.98 Å². The van der Waals surface area contributed by atoms with Crippen LogP contribution in [0.1, 0.15) is 43.4 Å². The lowest BCUT2D eigenvalue weighted by atomic mass is 10.1. The second-order valence-corrected chi connectivity index (χ2v) is 4.74. The number of hydrogen-bond acceptors (Lipinski definition) is 3. The van der Waals surface area contributed by atoms with Crippen LogP contribution in [0.15, 0.2) is 12.3 Å². The van der Waals surface area contributed by atoms with Gasteiger partial charge in [0.1, 0.15) is 5.82 Å². The topological polar surface area (TPSA) is 42.2 Å². The van der Waals surface area contributed by atoms with Gasteiger partial charge in [-0.15, -0.1) is 0 Å². The Balaban J connectivity index is 2.19. The highest BCUT2D eigenvalue weighted by molar-refractivity contribution is 5.44. The van der Waals surface area contributed by atoms with Crippen LogP contribution in [0.2, 0.25) is 0 Å². The number of hydrogen-bond donors (Lipinski definition) is 1. The fourth-order valence-electron chi connectivity index (χ4n) is 2.32. The molecule has 1 fully saturated rings. The second-order valence-electron chi connectivity index (χ2n) is 4.74. The molecule has 1 saturated heterocycles. The van der Waals surface area contributed by atoms with Crippen LogP contribution in [0.5, 0.6) is 0 Å². The Morgan fingerprint density at radius 3 is 2.56 bits per heavy atom. The van der Waals surface area contributed by atoms with E-state index in [-0.39, 0.29) is 6.04 Å². The van der Waals surface area contributed by atoms with Gasteiger partial charge in [0.25, 0.3) is 0 Å². The number of nitrogens with two attached hydrogens (primary N) is 1. The van der Waals surface area contributed by atoms with Crippen molar-refractivity contribution in [3.63, 3.8) is 0 Å². The zero-order valence-electron chi connectivity index (χ0n) is 10.2. The summed E-state index contributed by atoms with van der Waals surface area (Å²) in [5.41, 5.74) is 8.30. The number of pyridine rings is 1. The van der Waals surface area contributed by atoms with Gasteiger partial charge < -0.3 is 10.6 Å². The number of aryl methyl sites for hydroxylation is 1. The van der Waals surface area contributed by atoms with Crippen LogP contribution in [0.3, 0.4) is 0 Å². The van der Waals surface area contributed by atoms with Gasteiger partial charge in [0.2, 0.25) is 0 Å². The summed E-state index contributed by atoms with van der Waals surface area (Å²) >= 11 is 0. The first-order chi connectivity index (χ1) is 7.68. The summed E-state index contributed by atoms with van der Waals surface area (Å²) in [4.78, 5) is 6.91. The standard InChI is InChI=1S/C13H21N3/c1-10-8-13(15-9-12(10)11(2)14)16-6-4-3-5-7-16/h8-9,11H,3-7,14H2,1-2H3/t11-/m0/s1. The van der Waals surface area contributed by atoms with Crippen molar-refractivity contribution in [1.82, 2.24) is 4.98 Å². The Bertz CT molecular complexity index is 354. The van der Waals surface area contributed by atoms with Crippen LogP contribution in [0.4, 0.5) is 5.82 Å². The molecule has 16 heavy (non-hydrogen) atoms. The zero-order valence-corrected chi connectivity index (χ0v) is 10.2. The van der Waals surface area contributed by atoms with Gasteiger partial charge in [-0.3, -0.25) is 0 Å². The minimum atomic E-state index is 0.0721. The smallest absolute Gasteiger partial charge is 0.128 e. The average molecular weight is 219 g/mol. The van der Waals surface area contributed by atoms with Crippen molar-refractivity contribution in [3.8, 4) is 0 Å². The zero-order chi connectivity index (χ0) is 11.5. The van der Waals surface area contributed by atoms with Crippen LogP contribution in [-0.4, -0.2) is 18.1 Å². The van der Waals surface area contributed by atoms with Crippen LogP contribution >= 0.6 is 0 Å². The van der Waals surface area contributed by atoms with Gasteiger partial charge in [0.05, 0.1) is 0 Å². The normalized spacial score (nSPS) is 18.6. The van der Waals surface area contributed by atoms with Crippen LogP contribution < -0.4 is 10.6 Å². The molecular weight excluding hydrogens is 198 g/mol. The second kappa shape index (κ2) is 4.83. The maximum absolute atomic E-state index is 5.89. The molecule has 1 aromatic rings. The summed E-state index contributed by atoms with van der Waals surface area (Å²) in [6.07, 6.45) is 5.86. The number of nitrogens with zero attached hydrogens (tertiary/aromatic N) is 2. The minimum Gasteiger partial charge on any atom is -0.357 e. The van der Waals surface area contributed by atoms with Crippen molar-refractivity contribution >= 4 is 5.82 Å². The van der Waals surface area contributed by atoms with E-state index >= 15 is 0 Å². The molecule has 1 atom stereocenters. The fourth-order valence-corrected chi connectivity index (χ4v) is 2.32. The van der Waals surface area contributed by atoms with E-state index in [2.05, 4.69) is 22.9 Å². The molecule has 1 aliphatic heterocycles. The molecule has 3 heteroatoms. The Hall–Kier alpha value is -1.09. The molecule has 0 amide bonds. The van der Waals surface area contributed by atoms with E-state index in [1.54, 1.807) is 0 Å². The van der Waals surface area contributed by atoms with Crippen molar-refractivity contribution in [3.05, 3.63) is 23.4 Å². The highest BCUT2D eigenvalue weighted by Crippen LogP contribution is 2.22. The molecule has 88 valence electrons. The summed E-state index contributed by atoms with van der Waals surface area (Å²) in [5, 5.41) is 0. The largest absolute Gasteiger partial charge is 0.357 e. The lowest BCUT2D eigenvalue weighted by molar-refractivity contribution is 0.573. The molecule has 0 spiro atoms. The van der Waals surface area contributed by atoms with E-state index in [4.69, 9.17) is 5.73 Å². The van der Waals surface area contributed by atoms with Gasteiger partial charge in [-0.05, 0) is 50.3 Å². The Kier molecular flexibility index (Phi) is 3.44. The SMILES string of the molecule is Cc1cc(N2CCCCC2)ncc1[C@H](C)N. The van der Waals surface area contributed by atoms with E-state index in [9.17, 15) is 0 Å². The number of piperidine rings is 1. The van der Waals surface area contributed by atoms with E-state index < -0.39 is 0 Å². The molecule has 0 unspecified atom stereocenters. The first-order valence-electron chi connectivity index (χ1n) is 6.15. The minimum absolute atomic E-state index is 0.0721. The molecule has 3 nitrogen and oxygen atoms in total. The van der Waals surface area contributed by atoms with E-state index in [0.29, 0.717) is 0 Å². The van der Waals surface area contributed by atoms with Gasteiger partial charge >= 0.3 is 0 Å². The van der Waals surface area contributed by atoms with Gasteiger partial charge in [-0.2, -0.15) is 0 Å². The average Bonchev–Trinajstić information content (AvgIpc) is 2.29. The molecule has 2 heterocycles. The van der Waals surface area contributed by atoms with Gasteiger partial charge in [0.15, 0.2) is 0 Å². The van der Waals surface area contributed by atoms with Crippen molar-refractivity contribution in [1.29, 1.82) is 0 Å². The predicted molar refractivity (Wildman–Crippen MR) is 67.6 cm³/mol. The van der Waals surface area contributed by atoms with Gasteiger partial charge in [-0.1, -0.05) is 0 Å². The molecule has 2 N–H and O–H groups in total. The number of anilines is 1. The third-order valence-corrected chi connectivity index (χ3v) is 3.31. The van der Waals surface area contributed by atoms with Crippen molar-refractivity contribution in [2.24, 2.45) is 5.73 Å². The number of aromatic nitrogens is 1. The number of rotatable bonds is 2. The molecule has 0 aliphatic carbocycles. The molecule has 1 aliphatic rings. The van der Waals surface area contributed by atoms with Crippen LogP contribution in [0, 0.1) is 6.92 Å². The van der Waals surface area contributed by atoms with E-state index in [1.165, 1.54) is 24.8 Å². The summed E-state index contributed by atoms with van der Waals surface area (Å²) in [6, 6.07) is 2.24. The fraction of sp³-hybridized carbons (Fsp3) is 0.615. The summed E-state index contributed by atoms with van der Waals surface area (Å²) < 4.78 is 0. The molecule has 0 radical (unpaired) electrons. The van der Waals surface area contributed by atoms with Crippen LogP contribution in [0.25, 0.3) is 0 Å².